The first kappa shape index (κ1) is 21.5. The average molecular weight is 442 g/mol. The highest BCUT2D eigenvalue weighted by Crippen LogP contribution is 2.43. The monoisotopic (exact) mass is 441 g/mol. The summed E-state index contributed by atoms with van der Waals surface area (Å²) in [4.78, 5) is 15.3. The molecule has 0 bridgehead atoms. The molecule has 6 nitrogen and oxygen atoms in total. The number of amides is 1. The van der Waals surface area contributed by atoms with Crippen molar-refractivity contribution in [3.63, 3.8) is 0 Å². The van der Waals surface area contributed by atoms with Gasteiger partial charge >= 0.3 is 0 Å². The first-order valence-corrected chi connectivity index (χ1v) is 11.9. The summed E-state index contributed by atoms with van der Waals surface area (Å²) in [5.41, 5.74) is 0.277. The standard InChI is InChI=1S/C23H24FN3O3S/c24-20-9-7-19(8-10-20)23(11-3-4-12-23)22(28)26-13-15-27(16-14-26)31(29,30)21-6-2-1-5-18(21)17-25/h1-2,5-10H,3-4,11-16H2. The predicted octanol–water partition coefficient (Wildman–Crippen LogP) is 3.04. The molecular formula is C23H24FN3O3S. The third kappa shape index (κ3) is 3.84. The number of benzene rings is 2. The number of carbonyl (C=O) groups is 1. The van der Waals surface area contributed by atoms with Crippen molar-refractivity contribution in [3.05, 3.63) is 65.5 Å². The van der Waals surface area contributed by atoms with Crippen LogP contribution >= 0.6 is 0 Å². The molecule has 1 amide bonds. The van der Waals surface area contributed by atoms with E-state index in [1.165, 1.54) is 28.6 Å². The van der Waals surface area contributed by atoms with Gasteiger partial charge in [-0.05, 0) is 42.7 Å². The van der Waals surface area contributed by atoms with Crippen LogP contribution < -0.4 is 0 Å². The Balaban J connectivity index is 1.52. The zero-order chi connectivity index (χ0) is 22.1. The highest BCUT2D eigenvalue weighted by Gasteiger charge is 2.46. The van der Waals surface area contributed by atoms with Gasteiger partial charge in [-0.25, -0.2) is 12.8 Å². The quantitative estimate of drug-likeness (QED) is 0.730. The van der Waals surface area contributed by atoms with Crippen LogP contribution in [0.3, 0.4) is 0 Å². The van der Waals surface area contributed by atoms with Crippen LogP contribution in [0.4, 0.5) is 4.39 Å². The summed E-state index contributed by atoms with van der Waals surface area (Å²) in [5, 5.41) is 9.26. The zero-order valence-corrected chi connectivity index (χ0v) is 17.9. The minimum Gasteiger partial charge on any atom is -0.339 e. The topological polar surface area (TPSA) is 81.5 Å². The summed E-state index contributed by atoms with van der Waals surface area (Å²) in [6, 6.07) is 14.2. The normalized spacial score (nSPS) is 19.2. The number of rotatable bonds is 4. The van der Waals surface area contributed by atoms with E-state index in [2.05, 4.69) is 0 Å². The van der Waals surface area contributed by atoms with Crippen molar-refractivity contribution in [1.29, 1.82) is 5.26 Å². The molecule has 4 rings (SSSR count). The summed E-state index contributed by atoms with van der Waals surface area (Å²) in [6.45, 7) is 0.923. The van der Waals surface area contributed by atoms with E-state index >= 15 is 0 Å². The van der Waals surface area contributed by atoms with Gasteiger partial charge in [-0.3, -0.25) is 4.79 Å². The third-order valence-electron chi connectivity index (χ3n) is 6.41. The predicted molar refractivity (Wildman–Crippen MR) is 113 cm³/mol. The average Bonchev–Trinajstić information content (AvgIpc) is 3.30. The lowest BCUT2D eigenvalue weighted by atomic mass is 9.77. The van der Waals surface area contributed by atoms with Crippen molar-refractivity contribution in [2.75, 3.05) is 26.2 Å². The van der Waals surface area contributed by atoms with Crippen LogP contribution in [-0.2, 0) is 20.2 Å². The van der Waals surface area contributed by atoms with Crippen molar-refractivity contribution in [3.8, 4) is 6.07 Å². The second-order valence-corrected chi connectivity index (χ2v) is 10.0. The number of nitrogens with zero attached hydrogens (tertiary/aromatic N) is 3. The summed E-state index contributed by atoms with van der Waals surface area (Å²) >= 11 is 0. The first-order chi connectivity index (χ1) is 14.9. The molecule has 1 aliphatic carbocycles. The molecule has 1 heterocycles. The first-order valence-electron chi connectivity index (χ1n) is 10.4. The van der Waals surface area contributed by atoms with Crippen LogP contribution in [-0.4, -0.2) is 49.7 Å². The lowest BCUT2D eigenvalue weighted by molar-refractivity contribution is -0.138. The minimum absolute atomic E-state index is 0.00384. The zero-order valence-electron chi connectivity index (χ0n) is 17.1. The molecule has 2 aliphatic rings. The van der Waals surface area contributed by atoms with Crippen molar-refractivity contribution in [2.45, 2.75) is 36.0 Å². The molecule has 0 N–H and O–H groups in total. The second kappa shape index (κ2) is 8.40. The van der Waals surface area contributed by atoms with E-state index in [4.69, 9.17) is 0 Å². The Kier molecular flexibility index (Phi) is 5.82. The fraction of sp³-hybridized carbons (Fsp3) is 0.391. The fourth-order valence-electron chi connectivity index (χ4n) is 4.73. The highest BCUT2D eigenvalue weighted by atomic mass is 32.2. The number of hydrogen-bond donors (Lipinski definition) is 0. The van der Waals surface area contributed by atoms with Gasteiger partial charge in [0.1, 0.15) is 11.9 Å². The van der Waals surface area contributed by atoms with E-state index in [1.54, 1.807) is 29.2 Å². The molecule has 8 heteroatoms. The molecule has 2 aromatic carbocycles. The fourth-order valence-corrected chi connectivity index (χ4v) is 6.30. The Morgan fingerprint density at radius 3 is 2.19 bits per heavy atom. The summed E-state index contributed by atoms with van der Waals surface area (Å²) in [6.07, 6.45) is 3.29. The van der Waals surface area contributed by atoms with E-state index in [9.17, 15) is 22.9 Å². The van der Waals surface area contributed by atoms with E-state index in [0.29, 0.717) is 12.8 Å². The molecule has 0 atom stereocenters. The molecule has 31 heavy (non-hydrogen) atoms. The molecule has 1 aliphatic heterocycles. The summed E-state index contributed by atoms with van der Waals surface area (Å²) in [5.74, 6) is -0.341. The van der Waals surface area contributed by atoms with Gasteiger partial charge in [0.05, 0.1) is 15.9 Å². The number of halogens is 1. The van der Waals surface area contributed by atoms with Gasteiger partial charge < -0.3 is 4.90 Å². The maximum Gasteiger partial charge on any atom is 0.244 e. The van der Waals surface area contributed by atoms with E-state index in [-0.39, 0.29) is 48.4 Å². The smallest absolute Gasteiger partial charge is 0.244 e. The molecule has 1 saturated carbocycles. The van der Waals surface area contributed by atoms with Crippen LogP contribution in [0.1, 0.15) is 36.8 Å². The van der Waals surface area contributed by atoms with Crippen molar-refractivity contribution in [2.24, 2.45) is 0 Å². The van der Waals surface area contributed by atoms with E-state index in [0.717, 1.165) is 18.4 Å². The molecule has 0 unspecified atom stereocenters. The van der Waals surface area contributed by atoms with E-state index < -0.39 is 15.4 Å². The Morgan fingerprint density at radius 2 is 1.58 bits per heavy atom. The Labute approximate surface area is 181 Å². The molecule has 0 radical (unpaired) electrons. The minimum atomic E-state index is -3.81. The Hall–Kier alpha value is -2.76. The molecule has 2 aromatic rings. The largest absolute Gasteiger partial charge is 0.339 e. The lowest BCUT2D eigenvalue weighted by Gasteiger charge is -2.39. The van der Waals surface area contributed by atoms with Crippen LogP contribution in [0.25, 0.3) is 0 Å². The SMILES string of the molecule is N#Cc1ccccc1S(=O)(=O)N1CCN(C(=O)C2(c3ccc(F)cc3)CCCC2)CC1. The molecule has 0 spiro atoms. The molecular weight excluding hydrogens is 417 g/mol. The molecule has 162 valence electrons. The summed E-state index contributed by atoms with van der Waals surface area (Å²) in [7, 11) is -3.81. The Bertz CT molecular complexity index is 1110. The van der Waals surface area contributed by atoms with Gasteiger partial charge in [0.25, 0.3) is 0 Å². The third-order valence-corrected chi connectivity index (χ3v) is 8.37. The molecule has 2 fully saturated rings. The Morgan fingerprint density at radius 1 is 0.968 bits per heavy atom. The van der Waals surface area contributed by atoms with Crippen molar-refractivity contribution >= 4 is 15.9 Å². The maximum absolute atomic E-state index is 13.6. The van der Waals surface area contributed by atoms with Crippen LogP contribution in [0, 0.1) is 17.1 Å². The highest BCUT2D eigenvalue weighted by molar-refractivity contribution is 7.89. The lowest BCUT2D eigenvalue weighted by Crippen LogP contribution is -2.55. The number of nitriles is 1. The maximum atomic E-state index is 13.6. The van der Waals surface area contributed by atoms with Crippen molar-refractivity contribution < 1.29 is 17.6 Å². The number of sulfonamides is 1. The number of piperazine rings is 1. The van der Waals surface area contributed by atoms with Gasteiger partial charge in [0, 0.05) is 26.2 Å². The van der Waals surface area contributed by atoms with Gasteiger partial charge in [-0.1, -0.05) is 37.1 Å². The molecule has 1 saturated heterocycles. The van der Waals surface area contributed by atoms with Crippen LogP contribution in [0.2, 0.25) is 0 Å². The second-order valence-electron chi connectivity index (χ2n) is 8.10. The number of hydrogen-bond acceptors (Lipinski definition) is 4. The summed E-state index contributed by atoms with van der Waals surface area (Å²) < 4.78 is 40.9. The van der Waals surface area contributed by atoms with Gasteiger partial charge in [-0.2, -0.15) is 9.57 Å². The van der Waals surface area contributed by atoms with Gasteiger partial charge in [-0.15, -0.1) is 0 Å². The van der Waals surface area contributed by atoms with Crippen LogP contribution in [0.15, 0.2) is 53.4 Å². The van der Waals surface area contributed by atoms with E-state index in [1.807, 2.05) is 6.07 Å². The number of carbonyl (C=O) groups excluding carboxylic acids is 1. The van der Waals surface area contributed by atoms with Gasteiger partial charge in [0.15, 0.2) is 0 Å². The van der Waals surface area contributed by atoms with Crippen LogP contribution in [0.5, 0.6) is 0 Å². The van der Waals surface area contributed by atoms with Crippen molar-refractivity contribution in [1.82, 2.24) is 9.21 Å². The molecule has 0 aromatic heterocycles. The van der Waals surface area contributed by atoms with Gasteiger partial charge in [0.2, 0.25) is 15.9 Å².